The van der Waals surface area contributed by atoms with Crippen LogP contribution in [-0.2, 0) is 6.54 Å². The van der Waals surface area contributed by atoms with Gasteiger partial charge >= 0.3 is 0 Å². The molecular formula is C22H33N5O4. The summed E-state index contributed by atoms with van der Waals surface area (Å²) in [5.41, 5.74) is 1.50. The van der Waals surface area contributed by atoms with E-state index in [0.29, 0.717) is 36.0 Å². The monoisotopic (exact) mass is 431 g/mol. The molecular weight excluding hydrogens is 398 g/mol. The topological polar surface area (TPSA) is 82.0 Å². The molecule has 0 unspecified atom stereocenters. The highest BCUT2D eigenvalue weighted by Crippen LogP contribution is 2.38. The fourth-order valence-corrected chi connectivity index (χ4v) is 4.10. The quantitative estimate of drug-likeness (QED) is 0.604. The molecule has 2 heterocycles. The van der Waals surface area contributed by atoms with Crippen LogP contribution in [0.1, 0.15) is 48.8 Å². The summed E-state index contributed by atoms with van der Waals surface area (Å²) >= 11 is 0. The lowest BCUT2D eigenvalue weighted by Crippen LogP contribution is -2.36. The van der Waals surface area contributed by atoms with Crippen LogP contribution in [0.4, 0.5) is 0 Å². The van der Waals surface area contributed by atoms with Crippen molar-refractivity contribution in [2.75, 3.05) is 47.5 Å². The van der Waals surface area contributed by atoms with Crippen LogP contribution < -0.4 is 14.2 Å². The second kappa shape index (κ2) is 10.5. The number of methoxy groups -OCH3 is 3. The number of amides is 1. The van der Waals surface area contributed by atoms with Crippen molar-refractivity contribution in [1.82, 2.24) is 24.8 Å². The highest BCUT2D eigenvalue weighted by atomic mass is 16.5. The van der Waals surface area contributed by atoms with Crippen molar-refractivity contribution in [2.45, 2.75) is 39.3 Å². The van der Waals surface area contributed by atoms with Gasteiger partial charge in [-0.3, -0.25) is 9.69 Å². The molecule has 0 spiro atoms. The first kappa shape index (κ1) is 22.9. The zero-order valence-electron chi connectivity index (χ0n) is 19.1. The molecule has 1 aromatic heterocycles. The predicted molar refractivity (Wildman–Crippen MR) is 117 cm³/mol. The number of hydrogen-bond donors (Lipinski definition) is 0. The van der Waals surface area contributed by atoms with E-state index >= 15 is 0 Å². The first-order valence-corrected chi connectivity index (χ1v) is 10.8. The summed E-state index contributed by atoms with van der Waals surface area (Å²) in [6, 6.07) is 4.16. The SMILES string of the molecule is CCN(CC)C(=O)c1cn([C@@H]2CCCN(Cc3cc(OC)c(OC)c(OC)c3)C2)nn1. The lowest BCUT2D eigenvalue weighted by atomic mass is 10.0. The molecule has 0 aliphatic carbocycles. The second-order valence-electron chi connectivity index (χ2n) is 7.63. The number of likely N-dealkylation sites (tertiary alicyclic amines) is 1. The van der Waals surface area contributed by atoms with Crippen LogP contribution in [0.25, 0.3) is 0 Å². The maximum absolute atomic E-state index is 12.5. The van der Waals surface area contributed by atoms with E-state index in [4.69, 9.17) is 14.2 Å². The van der Waals surface area contributed by atoms with E-state index in [9.17, 15) is 4.79 Å². The van der Waals surface area contributed by atoms with Crippen molar-refractivity contribution >= 4 is 5.91 Å². The molecule has 9 heteroatoms. The summed E-state index contributed by atoms with van der Waals surface area (Å²) in [4.78, 5) is 16.7. The third kappa shape index (κ3) is 5.10. The van der Waals surface area contributed by atoms with Crippen molar-refractivity contribution in [1.29, 1.82) is 0 Å². The van der Waals surface area contributed by atoms with Gasteiger partial charge in [0.2, 0.25) is 5.75 Å². The summed E-state index contributed by atoms with van der Waals surface area (Å²) in [5, 5.41) is 8.40. The van der Waals surface area contributed by atoms with Crippen LogP contribution >= 0.6 is 0 Å². The molecule has 1 aromatic carbocycles. The smallest absolute Gasteiger partial charge is 0.276 e. The number of piperidine rings is 1. The summed E-state index contributed by atoms with van der Waals surface area (Å²) < 4.78 is 18.2. The predicted octanol–water partition coefficient (Wildman–Crippen LogP) is 2.62. The maximum Gasteiger partial charge on any atom is 0.276 e. The van der Waals surface area contributed by atoms with Gasteiger partial charge in [0.15, 0.2) is 17.2 Å². The van der Waals surface area contributed by atoms with Gasteiger partial charge in [-0.15, -0.1) is 5.10 Å². The lowest BCUT2D eigenvalue weighted by molar-refractivity contribution is 0.0767. The Labute approximate surface area is 183 Å². The van der Waals surface area contributed by atoms with E-state index in [1.807, 2.05) is 30.7 Å². The molecule has 0 bridgehead atoms. The van der Waals surface area contributed by atoms with E-state index in [1.165, 1.54) is 0 Å². The van der Waals surface area contributed by atoms with Crippen molar-refractivity contribution < 1.29 is 19.0 Å². The Bertz CT molecular complexity index is 856. The van der Waals surface area contributed by atoms with Gasteiger partial charge in [0.25, 0.3) is 5.91 Å². The molecule has 2 aromatic rings. The Balaban J connectivity index is 1.71. The third-order valence-electron chi connectivity index (χ3n) is 5.77. The van der Waals surface area contributed by atoms with Gasteiger partial charge in [-0.25, -0.2) is 4.68 Å². The molecule has 170 valence electrons. The fourth-order valence-electron chi connectivity index (χ4n) is 4.10. The fraction of sp³-hybridized carbons (Fsp3) is 0.591. The van der Waals surface area contributed by atoms with Gasteiger partial charge < -0.3 is 19.1 Å². The number of rotatable bonds is 9. The van der Waals surface area contributed by atoms with Crippen LogP contribution in [0.3, 0.4) is 0 Å². The van der Waals surface area contributed by atoms with Gasteiger partial charge in [0, 0.05) is 26.2 Å². The zero-order valence-corrected chi connectivity index (χ0v) is 19.1. The molecule has 1 aliphatic heterocycles. The second-order valence-corrected chi connectivity index (χ2v) is 7.63. The summed E-state index contributed by atoms with van der Waals surface area (Å²) in [6.45, 7) is 7.84. The minimum absolute atomic E-state index is 0.0682. The molecule has 31 heavy (non-hydrogen) atoms. The Morgan fingerprint density at radius 1 is 1.13 bits per heavy atom. The van der Waals surface area contributed by atoms with Crippen LogP contribution in [0.2, 0.25) is 0 Å². The molecule has 1 saturated heterocycles. The minimum Gasteiger partial charge on any atom is -0.493 e. The first-order valence-electron chi connectivity index (χ1n) is 10.8. The molecule has 1 atom stereocenters. The number of benzene rings is 1. The Morgan fingerprint density at radius 2 is 1.81 bits per heavy atom. The summed E-state index contributed by atoms with van der Waals surface area (Å²) in [5.74, 6) is 1.84. The number of nitrogens with zero attached hydrogens (tertiary/aromatic N) is 5. The normalized spacial score (nSPS) is 16.7. The van der Waals surface area contributed by atoms with Crippen LogP contribution in [0.5, 0.6) is 17.2 Å². The summed E-state index contributed by atoms with van der Waals surface area (Å²) in [7, 11) is 4.85. The van der Waals surface area contributed by atoms with E-state index in [1.54, 1.807) is 32.4 Å². The molecule has 1 amide bonds. The Kier molecular flexibility index (Phi) is 7.73. The van der Waals surface area contributed by atoms with Crippen molar-refractivity contribution in [3.8, 4) is 17.2 Å². The molecule has 9 nitrogen and oxygen atoms in total. The van der Waals surface area contributed by atoms with Crippen LogP contribution in [-0.4, -0.2) is 78.2 Å². The molecule has 1 fully saturated rings. The highest BCUT2D eigenvalue weighted by Gasteiger charge is 2.25. The van der Waals surface area contributed by atoms with Crippen molar-refractivity contribution in [2.24, 2.45) is 0 Å². The highest BCUT2D eigenvalue weighted by molar-refractivity contribution is 5.91. The number of ether oxygens (including phenoxy) is 3. The molecule has 0 saturated carbocycles. The van der Waals surface area contributed by atoms with Gasteiger partial charge in [-0.1, -0.05) is 5.21 Å². The molecule has 0 radical (unpaired) electrons. The zero-order chi connectivity index (χ0) is 22.4. The molecule has 3 rings (SSSR count). The standard InChI is InChI=1S/C22H33N5O4/c1-6-26(7-2)22(28)18-15-27(24-23-18)17-9-8-10-25(14-17)13-16-11-19(29-3)21(31-5)20(12-16)30-4/h11-12,15,17H,6-10,13-14H2,1-5H3/t17-/m1/s1. The average Bonchev–Trinajstić information content (AvgIpc) is 3.29. The largest absolute Gasteiger partial charge is 0.493 e. The lowest BCUT2D eigenvalue weighted by Gasteiger charge is -2.32. The van der Waals surface area contributed by atoms with Gasteiger partial charge in [-0.05, 0) is 50.9 Å². The Morgan fingerprint density at radius 3 is 2.39 bits per heavy atom. The van der Waals surface area contributed by atoms with E-state index in [2.05, 4.69) is 15.2 Å². The van der Waals surface area contributed by atoms with Crippen molar-refractivity contribution in [3.63, 3.8) is 0 Å². The number of aromatic nitrogens is 3. The van der Waals surface area contributed by atoms with Crippen LogP contribution in [0.15, 0.2) is 18.3 Å². The van der Waals surface area contributed by atoms with Gasteiger partial charge in [0.05, 0.1) is 33.6 Å². The third-order valence-corrected chi connectivity index (χ3v) is 5.77. The van der Waals surface area contributed by atoms with Crippen molar-refractivity contribution in [3.05, 3.63) is 29.6 Å². The number of carbonyl (C=O) groups is 1. The molecule has 0 N–H and O–H groups in total. The van der Waals surface area contributed by atoms with Gasteiger partial charge in [0.1, 0.15) is 0 Å². The van der Waals surface area contributed by atoms with E-state index < -0.39 is 0 Å². The van der Waals surface area contributed by atoms with E-state index in [-0.39, 0.29) is 11.9 Å². The summed E-state index contributed by atoms with van der Waals surface area (Å²) in [6.07, 6.45) is 3.84. The Hall–Kier alpha value is -2.81. The molecule has 1 aliphatic rings. The van der Waals surface area contributed by atoms with Crippen LogP contribution in [0, 0.1) is 0 Å². The van der Waals surface area contributed by atoms with E-state index in [0.717, 1.165) is 38.0 Å². The van der Waals surface area contributed by atoms with Gasteiger partial charge in [-0.2, -0.15) is 0 Å². The number of hydrogen-bond acceptors (Lipinski definition) is 7. The average molecular weight is 432 g/mol. The maximum atomic E-state index is 12.5. The first-order chi connectivity index (χ1) is 15.0. The minimum atomic E-state index is -0.0682. The number of carbonyl (C=O) groups excluding carboxylic acids is 1.